The summed E-state index contributed by atoms with van der Waals surface area (Å²) in [5.74, 6) is 0. The second-order valence-corrected chi connectivity index (χ2v) is 0. The van der Waals surface area contributed by atoms with Gasteiger partial charge >= 0.3 is 95.4 Å². The predicted octanol–water partition coefficient (Wildman–Crippen LogP) is 1.14. The van der Waals surface area contributed by atoms with Crippen LogP contribution in [0.5, 0.6) is 0 Å². The normalized spacial score (nSPS) is 0.828. The smallest absolute Gasteiger partial charge is 0.512 e. The van der Waals surface area contributed by atoms with Gasteiger partial charge < -0.3 is 142 Å². The SMILES string of the molecule is [C-]#N.[C-]#N.[C-]#N.[C-]#N.[C-]#N.[C-]#N.[C-]#N.[C-]#N.[C-]#N.[C-]#N.[C-]#N.[C-]#N.[Fe+3].[Fe+3].[Pd+2].[Pd+2].[Pd+2]. The van der Waals surface area contributed by atoms with Crippen LogP contribution in [-0.4, -0.2) is 0 Å². The third-order valence-electron chi connectivity index (χ3n) is 0. The summed E-state index contributed by atoms with van der Waals surface area (Å²) in [5, 5.41) is 75.0. The van der Waals surface area contributed by atoms with Crippen LogP contribution < -0.4 is 0 Å². The molecule has 0 saturated carbocycles. The van der Waals surface area contributed by atoms with Crippen molar-refractivity contribution in [3.63, 3.8) is 0 Å². The summed E-state index contributed by atoms with van der Waals surface area (Å²) < 4.78 is 0. The number of nitrogens with zero attached hydrogens (tertiary/aromatic N) is 12. The molecular weight excluding hydrogens is 743 g/mol. The molecule has 2 radical (unpaired) electrons. The van der Waals surface area contributed by atoms with Gasteiger partial charge in [-0.05, 0) is 0 Å². The quantitative estimate of drug-likeness (QED) is 0.249. The maximum absolute atomic E-state index is 6.25. The van der Waals surface area contributed by atoms with Crippen LogP contribution in [0.3, 0.4) is 0 Å². The minimum Gasteiger partial charge on any atom is -0.512 e. The second-order valence-electron chi connectivity index (χ2n) is 0. The molecule has 17 heteroatoms. The van der Waals surface area contributed by atoms with Crippen molar-refractivity contribution in [3.8, 4) is 0 Å². The Bertz CT molecular complexity index is 234. The zero-order chi connectivity index (χ0) is 24.0. The summed E-state index contributed by atoms with van der Waals surface area (Å²) in [6, 6.07) is 0. The fourth-order valence-electron chi connectivity index (χ4n) is 0. The second kappa shape index (κ2) is 1490. The van der Waals surface area contributed by atoms with Gasteiger partial charge in [0.2, 0.25) is 0 Å². The minimum absolute atomic E-state index is 0. The fourth-order valence-corrected chi connectivity index (χ4v) is 0. The molecule has 0 atom stereocenters. The molecule has 0 aromatic carbocycles. The maximum Gasteiger partial charge on any atom is 3.00 e. The van der Waals surface area contributed by atoms with E-state index in [0.717, 1.165) is 0 Å². The van der Waals surface area contributed by atoms with Gasteiger partial charge in [0, 0.05) is 0 Å². The van der Waals surface area contributed by atoms with Crippen molar-refractivity contribution < 1.29 is 95.4 Å². The van der Waals surface area contributed by atoms with Gasteiger partial charge in [0.25, 0.3) is 0 Å². The molecule has 0 bridgehead atoms. The van der Waals surface area contributed by atoms with E-state index >= 15 is 0 Å². The van der Waals surface area contributed by atoms with Crippen LogP contribution in [-0.2, 0) is 95.4 Å². The molecule has 0 unspecified atom stereocenters. The summed E-state index contributed by atoms with van der Waals surface area (Å²) in [6.07, 6.45) is 0. The van der Waals surface area contributed by atoms with Gasteiger partial charge in [0.15, 0.2) is 0 Å². The summed E-state index contributed by atoms with van der Waals surface area (Å²) in [6.45, 7) is 57.0. The number of rotatable bonds is 0. The summed E-state index contributed by atoms with van der Waals surface area (Å²) in [7, 11) is 0. The van der Waals surface area contributed by atoms with Crippen molar-refractivity contribution >= 4 is 0 Å². The van der Waals surface area contributed by atoms with E-state index in [1.807, 2.05) is 0 Å². The van der Waals surface area contributed by atoms with Gasteiger partial charge in [-0.2, -0.15) is 0 Å². The van der Waals surface area contributed by atoms with Gasteiger partial charge in [-0.3, -0.25) is 0 Å². The Kier molecular flexibility index (Phi) is 10400. The topological polar surface area (TPSA) is 285 Å². The Morgan fingerprint density at radius 2 is 0.172 bits per heavy atom. The van der Waals surface area contributed by atoms with E-state index in [9.17, 15) is 0 Å². The van der Waals surface area contributed by atoms with Gasteiger partial charge in [0.1, 0.15) is 0 Å². The standard InChI is InChI=1S/12CN.2Fe.3Pd/c12*1-2;;;;;/q12*-1;2*+3;3*+2. The van der Waals surface area contributed by atoms with Crippen molar-refractivity contribution in [1.29, 1.82) is 63.1 Å². The first-order valence-corrected chi connectivity index (χ1v) is 2.68. The number of hydrogen-bond acceptors (Lipinski definition) is 12. The first kappa shape index (κ1) is 203. The van der Waals surface area contributed by atoms with Gasteiger partial charge in [0.05, 0.1) is 0 Å². The average Bonchev–Trinajstić information content (AvgIpc) is 2.84. The van der Waals surface area contributed by atoms with Crippen molar-refractivity contribution in [2.24, 2.45) is 0 Å². The van der Waals surface area contributed by atoms with E-state index in [2.05, 4.69) is 0 Å². The zero-order valence-corrected chi connectivity index (χ0v) is 19.9. The van der Waals surface area contributed by atoms with E-state index < -0.39 is 0 Å². The first-order valence-electron chi connectivity index (χ1n) is 2.68. The average molecular weight is 743 g/mol. The summed E-state index contributed by atoms with van der Waals surface area (Å²) >= 11 is 0. The predicted molar refractivity (Wildman–Crippen MR) is 59.6 cm³/mol. The van der Waals surface area contributed by atoms with E-state index in [1.54, 1.807) is 0 Å². The minimum atomic E-state index is 0. The Morgan fingerprint density at radius 3 is 0.172 bits per heavy atom. The van der Waals surface area contributed by atoms with Crippen molar-refractivity contribution in [3.05, 3.63) is 78.9 Å². The third kappa shape index (κ3) is 1370. The molecule has 0 N–H and O–H groups in total. The van der Waals surface area contributed by atoms with Crippen LogP contribution in [0.15, 0.2) is 0 Å². The Morgan fingerprint density at radius 1 is 0.172 bits per heavy atom. The molecule has 0 amide bonds. The molecule has 0 aromatic heterocycles. The molecule has 0 aliphatic carbocycles. The molecule has 0 saturated heterocycles. The summed E-state index contributed by atoms with van der Waals surface area (Å²) in [4.78, 5) is 0. The molecule has 0 aromatic rings. The Labute approximate surface area is 235 Å². The first-order chi connectivity index (χ1) is 12.0. The maximum atomic E-state index is 6.25. The molecule has 154 valence electrons. The van der Waals surface area contributed by atoms with Crippen LogP contribution in [0.25, 0.3) is 0 Å². The molecule has 29 heavy (non-hydrogen) atoms. The molecular formula is C12Fe2N12Pd3. The van der Waals surface area contributed by atoms with E-state index in [4.69, 9.17) is 142 Å². The third-order valence-corrected chi connectivity index (χ3v) is 0. The molecule has 0 aliphatic heterocycles. The zero-order valence-electron chi connectivity index (χ0n) is 13.0. The van der Waals surface area contributed by atoms with E-state index in [0.29, 0.717) is 0 Å². The van der Waals surface area contributed by atoms with Crippen molar-refractivity contribution in [2.75, 3.05) is 0 Å². The van der Waals surface area contributed by atoms with Gasteiger partial charge in [-0.1, -0.05) is 0 Å². The molecule has 0 spiro atoms. The monoisotopic (exact) mass is 742 g/mol. The van der Waals surface area contributed by atoms with E-state index in [-0.39, 0.29) is 95.4 Å². The van der Waals surface area contributed by atoms with Gasteiger partial charge in [-0.15, -0.1) is 0 Å². The van der Waals surface area contributed by atoms with Crippen LogP contribution >= 0.6 is 0 Å². The largest absolute Gasteiger partial charge is 3.00 e. The number of hydrogen-bond donors (Lipinski definition) is 0. The van der Waals surface area contributed by atoms with Crippen molar-refractivity contribution in [1.82, 2.24) is 0 Å². The molecule has 0 fully saturated rings. The van der Waals surface area contributed by atoms with Crippen molar-refractivity contribution in [2.45, 2.75) is 0 Å². The van der Waals surface area contributed by atoms with Gasteiger partial charge in [-0.25, -0.2) is 0 Å². The van der Waals surface area contributed by atoms with Crippen LogP contribution in [0.2, 0.25) is 0 Å². The van der Waals surface area contributed by atoms with E-state index in [1.165, 1.54) is 0 Å². The molecule has 0 aliphatic rings. The van der Waals surface area contributed by atoms with Crippen LogP contribution in [0.1, 0.15) is 0 Å². The summed E-state index contributed by atoms with van der Waals surface area (Å²) in [5.41, 5.74) is 0. The van der Waals surface area contributed by atoms with Crippen LogP contribution in [0, 0.1) is 142 Å². The molecule has 12 nitrogen and oxygen atoms in total. The molecule has 0 rings (SSSR count). The fraction of sp³-hybridized carbons (Fsp3) is 0. The Balaban J connectivity index is -0.00000000356. The van der Waals surface area contributed by atoms with Crippen LogP contribution in [0.4, 0.5) is 0 Å². The molecule has 0 heterocycles. The Hall–Kier alpha value is -3.09.